The fraction of sp³-hybridized carbons (Fsp3) is 0.800. The minimum atomic E-state index is 0.544. The van der Waals surface area contributed by atoms with Crippen LogP contribution in [0.4, 0.5) is 5.13 Å². The van der Waals surface area contributed by atoms with Gasteiger partial charge in [-0.05, 0) is 32.2 Å². The first-order chi connectivity index (χ1) is 9.04. The van der Waals surface area contributed by atoms with Gasteiger partial charge in [0.2, 0.25) is 0 Å². The molecule has 0 bridgehead atoms. The van der Waals surface area contributed by atoms with Crippen molar-refractivity contribution in [1.29, 1.82) is 0 Å². The van der Waals surface area contributed by atoms with Crippen LogP contribution in [0.2, 0.25) is 0 Å². The van der Waals surface area contributed by atoms with Crippen LogP contribution in [0.25, 0.3) is 0 Å². The number of nitrogens with zero attached hydrogens (tertiary/aromatic N) is 2. The summed E-state index contributed by atoms with van der Waals surface area (Å²) in [6.07, 6.45) is 2.30. The number of anilines is 1. The minimum absolute atomic E-state index is 0.544. The van der Waals surface area contributed by atoms with E-state index in [1.54, 1.807) is 0 Å². The van der Waals surface area contributed by atoms with Gasteiger partial charge in [-0.3, -0.25) is 0 Å². The fourth-order valence-electron chi connectivity index (χ4n) is 1.91. The van der Waals surface area contributed by atoms with Crippen molar-refractivity contribution in [3.8, 4) is 0 Å². The average Bonchev–Trinajstić information content (AvgIpc) is 2.86. The molecule has 0 amide bonds. The molecule has 19 heavy (non-hydrogen) atoms. The van der Waals surface area contributed by atoms with E-state index in [4.69, 9.17) is 4.98 Å². The maximum Gasteiger partial charge on any atom is 0.185 e. The fourth-order valence-corrected chi connectivity index (χ4v) is 3.12. The molecule has 0 saturated carbocycles. The van der Waals surface area contributed by atoms with E-state index in [-0.39, 0.29) is 0 Å². The molecule has 2 atom stereocenters. The van der Waals surface area contributed by atoms with Crippen LogP contribution in [0.15, 0.2) is 0 Å². The summed E-state index contributed by atoms with van der Waals surface area (Å²) in [5, 5.41) is 4.60. The third-order valence-electron chi connectivity index (χ3n) is 3.88. The molecule has 0 spiro atoms. The molecule has 0 aliphatic rings. The van der Waals surface area contributed by atoms with Crippen molar-refractivity contribution >= 4 is 16.5 Å². The summed E-state index contributed by atoms with van der Waals surface area (Å²) in [4.78, 5) is 8.62. The minimum Gasteiger partial charge on any atom is -0.348 e. The van der Waals surface area contributed by atoms with Gasteiger partial charge in [-0.2, -0.15) is 0 Å². The van der Waals surface area contributed by atoms with Crippen molar-refractivity contribution in [2.24, 2.45) is 0 Å². The standard InChI is InChI=1S/C15H29N3S/c1-7-11(4)14-13(10-16-9-3)19-15(17-14)18(6)12(5)8-2/h11-12,16H,7-10H2,1-6H3. The zero-order valence-corrected chi connectivity index (χ0v) is 14.1. The first-order valence-electron chi connectivity index (χ1n) is 7.48. The Hall–Kier alpha value is -0.610. The molecule has 110 valence electrons. The maximum atomic E-state index is 4.91. The predicted octanol–water partition coefficient (Wildman–Crippen LogP) is 4.00. The van der Waals surface area contributed by atoms with Crippen LogP contribution in [0.5, 0.6) is 0 Å². The highest BCUT2D eigenvalue weighted by Gasteiger charge is 2.19. The molecule has 0 fully saturated rings. The van der Waals surface area contributed by atoms with Gasteiger partial charge in [-0.25, -0.2) is 4.98 Å². The monoisotopic (exact) mass is 283 g/mol. The summed E-state index contributed by atoms with van der Waals surface area (Å²) in [6, 6.07) is 0.544. The Bertz CT molecular complexity index is 375. The largest absolute Gasteiger partial charge is 0.348 e. The van der Waals surface area contributed by atoms with E-state index >= 15 is 0 Å². The first kappa shape index (κ1) is 16.4. The predicted molar refractivity (Wildman–Crippen MR) is 86.4 cm³/mol. The third kappa shape index (κ3) is 4.18. The van der Waals surface area contributed by atoms with Gasteiger partial charge in [0.15, 0.2) is 5.13 Å². The Morgan fingerprint density at radius 1 is 1.21 bits per heavy atom. The maximum absolute atomic E-state index is 4.91. The second kappa shape index (κ2) is 7.85. The smallest absolute Gasteiger partial charge is 0.185 e. The van der Waals surface area contributed by atoms with E-state index in [1.165, 1.54) is 10.6 Å². The molecule has 0 aliphatic heterocycles. The summed E-state index contributed by atoms with van der Waals surface area (Å²) in [7, 11) is 2.16. The Balaban J connectivity index is 2.98. The van der Waals surface area contributed by atoms with E-state index in [1.807, 2.05) is 11.3 Å². The SMILES string of the molecule is CCNCc1sc(N(C)C(C)CC)nc1C(C)CC. The normalized spacial score (nSPS) is 14.4. The van der Waals surface area contributed by atoms with Crippen molar-refractivity contribution in [2.75, 3.05) is 18.5 Å². The van der Waals surface area contributed by atoms with Gasteiger partial charge < -0.3 is 10.2 Å². The number of hydrogen-bond donors (Lipinski definition) is 1. The van der Waals surface area contributed by atoms with Gasteiger partial charge >= 0.3 is 0 Å². The van der Waals surface area contributed by atoms with Crippen LogP contribution in [-0.2, 0) is 6.54 Å². The molecular weight excluding hydrogens is 254 g/mol. The van der Waals surface area contributed by atoms with E-state index in [0.717, 1.165) is 31.1 Å². The Morgan fingerprint density at radius 2 is 1.89 bits per heavy atom. The highest BCUT2D eigenvalue weighted by Crippen LogP contribution is 2.32. The lowest BCUT2D eigenvalue weighted by atomic mass is 10.0. The molecule has 0 radical (unpaired) electrons. The molecule has 1 heterocycles. The zero-order chi connectivity index (χ0) is 14.4. The van der Waals surface area contributed by atoms with Gasteiger partial charge in [0.05, 0.1) is 5.69 Å². The Labute approximate surface area is 122 Å². The molecule has 1 rings (SSSR count). The molecule has 2 unspecified atom stereocenters. The van der Waals surface area contributed by atoms with Gasteiger partial charge in [0.25, 0.3) is 0 Å². The summed E-state index contributed by atoms with van der Waals surface area (Å²) < 4.78 is 0. The van der Waals surface area contributed by atoms with E-state index in [0.29, 0.717) is 12.0 Å². The topological polar surface area (TPSA) is 28.2 Å². The van der Waals surface area contributed by atoms with Crippen LogP contribution in [0.3, 0.4) is 0 Å². The van der Waals surface area contributed by atoms with Crippen LogP contribution in [0.1, 0.15) is 63.9 Å². The average molecular weight is 283 g/mol. The highest BCUT2D eigenvalue weighted by atomic mass is 32.1. The Morgan fingerprint density at radius 3 is 2.42 bits per heavy atom. The van der Waals surface area contributed by atoms with Crippen LogP contribution in [0, 0.1) is 0 Å². The second-order valence-electron chi connectivity index (χ2n) is 5.26. The number of rotatable bonds is 8. The first-order valence-corrected chi connectivity index (χ1v) is 8.29. The molecule has 3 nitrogen and oxygen atoms in total. The number of hydrogen-bond acceptors (Lipinski definition) is 4. The van der Waals surface area contributed by atoms with Crippen molar-refractivity contribution in [3.05, 3.63) is 10.6 Å². The van der Waals surface area contributed by atoms with Gasteiger partial charge in [0, 0.05) is 24.5 Å². The van der Waals surface area contributed by atoms with Crippen molar-refractivity contribution in [3.63, 3.8) is 0 Å². The van der Waals surface area contributed by atoms with Crippen molar-refractivity contribution in [2.45, 2.75) is 66.0 Å². The van der Waals surface area contributed by atoms with Crippen LogP contribution < -0.4 is 10.2 Å². The summed E-state index contributed by atoms with van der Waals surface area (Å²) in [5.74, 6) is 0.545. The molecule has 1 aromatic heterocycles. The lowest BCUT2D eigenvalue weighted by Crippen LogP contribution is -2.27. The van der Waals surface area contributed by atoms with Crippen LogP contribution >= 0.6 is 11.3 Å². The second-order valence-corrected chi connectivity index (χ2v) is 6.32. The van der Waals surface area contributed by atoms with Crippen molar-refractivity contribution < 1.29 is 0 Å². The number of thiazole rings is 1. The molecule has 0 saturated heterocycles. The van der Waals surface area contributed by atoms with E-state index < -0.39 is 0 Å². The lowest BCUT2D eigenvalue weighted by molar-refractivity contribution is 0.652. The molecule has 4 heteroatoms. The van der Waals surface area contributed by atoms with Gasteiger partial charge in [0.1, 0.15) is 0 Å². The van der Waals surface area contributed by atoms with Crippen molar-refractivity contribution in [1.82, 2.24) is 10.3 Å². The third-order valence-corrected chi connectivity index (χ3v) is 5.05. The zero-order valence-electron chi connectivity index (χ0n) is 13.3. The Kier molecular flexibility index (Phi) is 6.80. The molecular formula is C15H29N3S. The van der Waals surface area contributed by atoms with Gasteiger partial charge in [-0.1, -0.05) is 27.7 Å². The molecule has 1 N–H and O–H groups in total. The lowest BCUT2D eigenvalue weighted by Gasteiger charge is -2.22. The summed E-state index contributed by atoms with van der Waals surface area (Å²) in [5.41, 5.74) is 1.29. The van der Waals surface area contributed by atoms with E-state index in [2.05, 4.69) is 51.9 Å². The van der Waals surface area contributed by atoms with Gasteiger partial charge in [-0.15, -0.1) is 11.3 Å². The highest BCUT2D eigenvalue weighted by molar-refractivity contribution is 7.15. The molecule has 0 aliphatic carbocycles. The van der Waals surface area contributed by atoms with E-state index in [9.17, 15) is 0 Å². The van der Waals surface area contributed by atoms with Crippen LogP contribution in [-0.4, -0.2) is 24.6 Å². The summed E-state index contributed by atoms with van der Waals surface area (Å²) in [6.45, 7) is 13.1. The quantitative estimate of drug-likeness (QED) is 0.781. The summed E-state index contributed by atoms with van der Waals surface area (Å²) >= 11 is 1.85. The number of nitrogens with one attached hydrogen (secondary N) is 1. The molecule has 0 aromatic carbocycles. The molecule has 1 aromatic rings. The number of aromatic nitrogens is 1.